The molecule has 2 aromatic heterocycles. The fraction of sp³-hybridized carbons (Fsp3) is 0.412. The first kappa shape index (κ1) is 14.5. The number of hydrogen-bond acceptors (Lipinski definition) is 2. The molecule has 23 heavy (non-hydrogen) atoms. The van der Waals surface area contributed by atoms with Gasteiger partial charge in [0.05, 0.1) is 0 Å². The van der Waals surface area contributed by atoms with Gasteiger partial charge in [0.25, 0.3) is 5.92 Å². The molecule has 2 atom stereocenters. The quantitative estimate of drug-likeness (QED) is 0.856. The Morgan fingerprint density at radius 2 is 2.13 bits per heavy atom. The number of hydrogen-bond donors (Lipinski definition) is 0. The average Bonchev–Trinajstić information content (AvgIpc) is 2.91. The van der Waals surface area contributed by atoms with Gasteiger partial charge in [0.1, 0.15) is 12.0 Å². The molecule has 3 nitrogen and oxygen atoms in total. The van der Waals surface area contributed by atoms with E-state index in [1.54, 1.807) is 16.7 Å². The summed E-state index contributed by atoms with van der Waals surface area (Å²) in [6, 6.07) is 3.76. The molecule has 4 rings (SSSR count). The predicted molar refractivity (Wildman–Crippen MR) is 81.0 cm³/mol. The summed E-state index contributed by atoms with van der Waals surface area (Å²) in [6.45, 7) is 1.88. The second-order valence-corrected chi connectivity index (χ2v) is 6.35. The van der Waals surface area contributed by atoms with E-state index in [0.29, 0.717) is 17.9 Å². The largest absolute Gasteiger partial charge is 0.286 e. The molecule has 120 valence electrons. The number of rotatable bonds is 3. The number of aromatic nitrogens is 3. The molecule has 2 aliphatic rings. The maximum atomic E-state index is 13.4. The van der Waals surface area contributed by atoms with Crippen LogP contribution in [-0.4, -0.2) is 26.7 Å². The number of nitrogens with zero attached hydrogens (tertiary/aromatic N) is 3. The first-order valence-corrected chi connectivity index (χ1v) is 7.69. The van der Waals surface area contributed by atoms with Crippen LogP contribution in [0.1, 0.15) is 31.2 Å². The fourth-order valence-electron chi connectivity index (χ4n) is 3.12. The summed E-state index contributed by atoms with van der Waals surface area (Å²) in [6.07, 6.45) is 4.91. The summed E-state index contributed by atoms with van der Waals surface area (Å²) in [5.74, 6) is -2.62. The van der Waals surface area contributed by atoms with Gasteiger partial charge >= 0.3 is 0 Å². The van der Waals surface area contributed by atoms with Crippen molar-refractivity contribution < 1.29 is 13.2 Å². The van der Waals surface area contributed by atoms with Crippen LogP contribution in [-0.2, 0) is 6.42 Å². The van der Waals surface area contributed by atoms with Gasteiger partial charge in [-0.1, -0.05) is 6.08 Å². The van der Waals surface area contributed by atoms with Crippen LogP contribution in [0, 0.1) is 5.92 Å². The predicted octanol–water partition coefficient (Wildman–Crippen LogP) is 4.00. The Balaban J connectivity index is 1.64. The molecule has 0 aliphatic heterocycles. The Morgan fingerprint density at radius 1 is 1.35 bits per heavy atom. The van der Waals surface area contributed by atoms with Crippen LogP contribution >= 0.6 is 0 Å². The van der Waals surface area contributed by atoms with E-state index in [0.717, 1.165) is 16.7 Å². The van der Waals surface area contributed by atoms with Gasteiger partial charge in [0, 0.05) is 31.4 Å². The molecule has 0 bridgehead atoms. The maximum absolute atomic E-state index is 13.4. The summed E-state index contributed by atoms with van der Waals surface area (Å²) in [5.41, 5.74) is 3.44. The Labute approximate surface area is 131 Å². The zero-order valence-electron chi connectivity index (χ0n) is 12.6. The van der Waals surface area contributed by atoms with Crippen molar-refractivity contribution in [1.29, 1.82) is 0 Å². The molecule has 2 heterocycles. The highest BCUT2D eigenvalue weighted by Crippen LogP contribution is 2.50. The highest BCUT2D eigenvalue weighted by Gasteiger charge is 2.56. The van der Waals surface area contributed by atoms with Gasteiger partial charge in [-0.15, -0.1) is 10.2 Å². The lowest BCUT2D eigenvalue weighted by molar-refractivity contribution is 0.0984. The van der Waals surface area contributed by atoms with Crippen LogP contribution in [0.5, 0.6) is 0 Å². The molecule has 6 heteroatoms. The molecule has 0 aromatic carbocycles. The van der Waals surface area contributed by atoms with Crippen LogP contribution in [0.2, 0.25) is 0 Å². The summed E-state index contributed by atoms with van der Waals surface area (Å²) < 4.78 is 41.2. The van der Waals surface area contributed by atoms with E-state index >= 15 is 0 Å². The van der Waals surface area contributed by atoms with E-state index in [-0.39, 0.29) is 12.8 Å². The van der Waals surface area contributed by atoms with Gasteiger partial charge in [0.2, 0.25) is 0 Å². The monoisotopic (exact) mass is 319 g/mol. The zero-order valence-corrected chi connectivity index (χ0v) is 12.6. The molecular weight excluding hydrogens is 303 g/mol. The smallest absolute Gasteiger partial charge is 0.252 e. The lowest BCUT2D eigenvalue weighted by Crippen LogP contribution is -2.04. The van der Waals surface area contributed by atoms with Gasteiger partial charge in [-0.3, -0.25) is 4.40 Å². The lowest BCUT2D eigenvalue weighted by atomic mass is 9.93. The molecule has 2 unspecified atom stereocenters. The van der Waals surface area contributed by atoms with Crippen LogP contribution < -0.4 is 0 Å². The molecule has 0 spiro atoms. The van der Waals surface area contributed by atoms with E-state index in [4.69, 9.17) is 0 Å². The van der Waals surface area contributed by atoms with Gasteiger partial charge < -0.3 is 0 Å². The second kappa shape index (κ2) is 4.94. The highest BCUT2D eigenvalue weighted by molar-refractivity contribution is 5.80. The van der Waals surface area contributed by atoms with Gasteiger partial charge in [0.15, 0.2) is 5.65 Å². The third kappa shape index (κ3) is 2.56. The number of halogens is 3. The summed E-state index contributed by atoms with van der Waals surface area (Å²) in [4.78, 5) is 0. The van der Waals surface area contributed by atoms with Crippen molar-refractivity contribution in [3.8, 4) is 0 Å². The minimum absolute atomic E-state index is 0.0682. The normalized spacial score (nSPS) is 26.1. The van der Waals surface area contributed by atoms with Crippen molar-refractivity contribution in [1.82, 2.24) is 14.6 Å². The van der Waals surface area contributed by atoms with Crippen LogP contribution in [0.25, 0.3) is 11.2 Å². The third-order valence-electron chi connectivity index (χ3n) is 4.58. The minimum atomic E-state index is -2.55. The first-order chi connectivity index (χ1) is 10.9. The Bertz CT molecular complexity index is 835. The van der Waals surface area contributed by atoms with Crippen molar-refractivity contribution in [3.05, 3.63) is 47.4 Å². The molecule has 0 amide bonds. The Morgan fingerprint density at radius 3 is 2.83 bits per heavy atom. The number of pyridine rings is 1. The third-order valence-corrected chi connectivity index (χ3v) is 4.58. The van der Waals surface area contributed by atoms with Gasteiger partial charge in [-0.25, -0.2) is 13.2 Å². The van der Waals surface area contributed by atoms with E-state index in [9.17, 15) is 13.2 Å². The number of fused-ring (bicyclic) bond motifs is 1. The van der Waals surface area contributed by atoms with E-state index in [1.165, 1.54) is 0 Å². The molecule has 2 aliphatic carbocycles. The summed E-state index contributed by atoms with van der Waals surface area (Å²) >= 11 is 0. The molecule has 2 aromatic rings. The molecule has 0 N–H and O–H groups in total. The van der Waals surface area contributed by atoms with E-state index < -0.39 is 18.0 Å². The van der Waals surface area contributed by atoms with E-state index in [2.05, 4.69) is 10.2 Å². The highest BCUT2D eigenvalue weighted by atomic mass is 19.3. The van der Waals surface area contributed by atoms with Crippen molar-refractivity contribution >= 4 is 11.2 Å². The van der Waals surface area contributed by atoms with Crippen LogP contribution in [0.4, 0.5) is 13.2 Å². The first-order valence-electron chi connectivity index (χ1n) is 7.69. The SMILES string of the molecule is CC1=CC(F)CC=C1c1ccn2c(CC3CC3(F)F)nnc2c1. The number of alkyl halides is 3. The minimum Gasteiger partial charge on any atom is -0.286 e. The maximum Gasteiger partial charge on any atom is 0.252 e. The Kier molecular flexibility index (Phi) is 3.11. The summed E-state index contributed by atoms with van der Waals surface area (Å²) in [5, 5.41) is 8.13. The number of allylic oxidation sites excluding steroid dienone is 4. The molecule has 0 saturated heterocycles. The molecule has 1 saturated carbocycles. The van der Waals surface area contributed by atoms with Gasteiger partial charge in [-0.2, -0.15) is 0 Å². The van der Waals surface area contributed by atoms with Crippen LogP contribution in [0.15, 0.2) is 36.1 Å². The van der Waals surface area contributed by atoms with Crippen molar-refractivity contribution in [2.24, 2.45) is 5.92 Å². The molecular formula is C17H16F3N3. The summed E-state index contributed by atoms with van der Waals surface area (Å²) in [7, 11) is 0. The van der Waals surface area contributed by atoms with E-state index in [1.807, 2.05) is 25.1 Å². The molecule has 1 fully saturated rings. The van der Waals surface area contributed by atoms with Crippen molar-refractivity contribution in [3.63, 3.8) is 0 Å². The topological polar surface area (TPSA) is 30.2 Å². The zero-order chi connectivity index (χ0) is 16.2. The van der Waals surface area contributed by atoms with Gasteiger partial charge in [-0.05, 0) is 41.8 Å². The van der Waals surface area contributed by atoms with Crippen molar-refractivity contribution in [2.75, 3.05) is 0 Å². The standard InChI is InChI=1S/C17H16F3N3/c1-10-6-13(18)2-3-14(10)11-4-5-23-15(7-11)21-22-16(23)8-12-9-17(12,19)20/h3-7,12-13H,2,8-9H2,1H3. The van der Waals surface area contributed by atoms with Crippen molar-refractivity contribution in [2.45, 2.75) is 38.3 Å². The molecule has 0 radical (unpaired) electrons. The average molecular weight is 319 g/mol. The lowest BCUT2D eigenvalue weighted by Gasteiger charge is -2.15. The second-order valence-electron chi connectivity index (χ2n) is 6.35. The van der Waals surface area contributed by atoms with Crippen LogP contribution in [0.3, 0.4) is 0 Å². The Hall–Kier alpha value is -2.11. The fourth-order valence-corrected chi connectivity index (χ4v) is 3.12.